The summed E-state index contributed by atoms with van der Waals surface area (Å²) in [5, 5.41) is 7.24. The van der Waals surface area contributed by atoms with Crippen LogP contribution in [0.4, 0.5) is 11.6 Å². The molecule has 0 saturated heterocycles. The smallest absolute Gasteiger partial charge is 0.251 e. The van der Waals surface area contributed by atoms with Gasteiger partial charge in [0.2, 0.25) is 5.95 Å². The van der Waals surface area contributed by atoms with Crippen LogP contribution >= 0.6 is 0 Å². The molecule has 1 aromatic carbocycles. The number of imidazole rings is 1. The summed E-state index contributed by atoms with van der Waals surface area (Å²) in [7, 11) is -1.13. The molecule has 0 aliphatic rings. The molecule has 0 atom stereocenters. The second kappa shape index (κ2) is 9.76. The Labute approximate surface area is 195 Å². The molecule has 2 N–H and O–H groups in total. The third-order valence-electron chi connectivity index (χ3n) is 5.42. The highest BCUT2D eigenvalue weighted by atomic mass is 28.3. The van der Waals surface area contributed by atoms with Gasteiger partial charge in [0.05, 0.1) is 5.39 Å². The van der Waals surface area contributed by atoms with Gasteiger partial charge in [0.15, 0.2) is 5.65 Å². The van der Waals surface area contributed by atoms with Crippen LogP contribution in [0.5, 0.6) is 0 Å². The van der Waals surface area contributed by atoms with Crippen molar-refractivity contribution in [1.29, 1.82) is 0 Å². The van der Waals surface area contributed by atoms with Crippen molar-refractivity contribution < 1.29 is 9.53 Å². The molecule has 0 radical (unpaired) electrons. The lowest BCUT2D eigenvalue weighted by atomic mass is 10.2. The van der Waals surface area contributed by atoms with E-state index < -0.39 is 8.07 Å². The molecule has 8 nitrogen and oxygen atoms in total. The first-order valence-corrected chi connectivity index (χ1v) is 15.1. The maximum absolute atomic E-state index is 12.2. The standard InChI is InChI=1S/C24H32N6O2Si/c1-5-11-26-23(31)18-6-8-19(9-7-18)27-24-28-22-20(21-25-12-14-30(21)24)10-13-29(22)17-32-15-16-33(2,3)4/h6-10,12-14H,5,11,15-17H2,1-4H3,(H,26,31)(H,27,28). The molecule has 174 valence electrons. The van der Waals surface area contributed by atoms with Crippen LogP contribution in [0.25, 0.3) is 16.7 Å². The Morgan fingerprint density at radius 2 is 1.88 bits per heavy atom. The lowest BCUT2D eigenvalue weighted by Gasteiger charge is -2.16. The Balaban J connectivity index is 1.55. The minimum absolute atomic E-state index is 0.0631. The SMILES string of the molecule is CCCNC(=O)c1ccc(Nc2nc3c(ccn3COCC[Si](C)(C)C)c3nccn23)cc1. The Morgan fingerprint density at radius 3 is 2.61 bits per heavy atom. The molecular weight excluding hydrogens is 432 g/mol. The highest BCUT2D eigenvalue weighted by Crippen LogP contribution is 2.24. The summed E-state index contributed by atoms with van der Waals surface area (Å²) >= 11 is 0. The molecule has 0 saturated carbocycles. The molecule has 33 heavy (non-hydrogen) atoms. The van der Waals surface area contributed by atoms with Crippen molar-refractivity contribution in [3.8, 4) is 0 Å². The zero-order valence-electron chi connectivity index (χ0n) is 19.8. The van der Waals surface area contributed by atoms with Gasteiger partial charge in [-0.1, -0.05) is 26.6 Å². The van der Waals surface area contributed by atoms with Gasteiger partial charge in [-0.3, -0.25) is 9.20 Å². The number of fused-ring (bicyclic) bond motifs is 3. The van der Waals surface area contributed by atoms with Crippen LogP contribution in [0, 0.1) is 0 Å². The van der Waals surface area contributed by atoms with Gasteiger partial charge >= 0.3 is 0 Å². The fraction of sp³-hybridized carbons (Fsp3) is 0.375. The van der Waals surface area contributed by atoms with E-state index in [2.05, 4.69) is 35.3 Å². The van der Waals surface area contributed by atoms with Gasteiger partial charge in [-0.25, -0.2) is 4.98 Å². The van der Waals surface area contributed by atoms with Crippen molar-refractivity contribution in [2.45, 2.75) is 45.8 Å². The Bertz CT molecular complexity index is 1240. The first-order valence-electron chi connectivity index (χ1n) is 11.4. The quantitative estimate of drug-likeness (QED) is 0.258. The molecule has 0 unspecified atom stereocenters. The second-order valence-electron chi connectivity index (χ2n) is 9.39. The van der Waals surface area contributed by atoms with E-state index in [1.165, 1.54) is 0 Å². The molecule has 1 amide bonds. The van der Waals surface area contributed by atoms with Gasteiger partial charge < -0.3 is 19.9 Å². The molecule has 0 bridgehead atoms. The number of aromatic nitrogens is 4. The third kappa shape index (κ3) is 5.43. The lowest BCUT2D eigenvalue weighted by Crippen LogP contribution is -2.23. The minimum Gasteiger partial charge on any atom is -0.361 e. The monoisotopic (exact) mass is 464 g/mol. The Kier molecular flexibility index (Phi) is 6.80. The number of carbonyl (C=O) groups excluding carboxylic acids is 1. The zero-order valence-corrected chi connectivity index (χ0v) is 20.8. The van der Waals surface area contributed by atoms with Gasteiger partial charge in [-0.15, -0.1) is 0 Å². The van der Waals surface area contributed by atoms with Crippen molar-refractivity contribution in [2.75, 3.05) is 18.5 Å². The van der Waals surface area contributed by atoms with Crippen LogP contribution in [-0.2, 0) is 11.5 Å². The normalized spacial score (nSPS) is 11.9. The minimum atomic E-state index is -1.13. The third-order valence-corrected chi connectivity index (χ3v) is 7.13. The van der Waals surface area contributed by atoms with Crippen molar-refractivity contribution in [3.05, 3.63) is 54.5 Å². The van der Waals surface area contributed by atoms with Crippen LogP contribution in [0.3, 0.4) is 0 Å². The van der Waals surface area contributed by atoms with Gasteiger partial charge in [0.25, 0.3) is 5.91 Å². The van der Waals surface area contributed by atoms with E-state index in [1.54, 1.807) is 6.20 Å². The number of nitrogens with zero attached hydrogens (tertiary/aromatic N) is 4. The first-order chi connectivity index (χ1) is 15.9. The average Bonchev–Trinajstić information content (AvgIpc) is 3.42. The van der Waals surface area contributed by atoms with E-state index in [0.717, 1.165) is 41.4 Å². The second-order valence-corrected chi connectivity index (χ2v) is 15.0. The number of anilines is 2. The average molecular weight is 465 g/mol. The molecule has 0 spiro atoms. The van der Waals surface area contributed by atoms with Crippen molar-refractivity contribution in [1.82, 2.24) is 24.3 Å². The number of hydrogen-bond acceptors (Lipinski definition) is 5. The zero-order chi connectivity index (χ0) is 23.4. The number of rotatable bonds is 10. The van der Waals surface area contributed by atoms with Crippen LogP contribution in [0.2, 0.25) is 25.7 Å². The summed E-state index contributed by atoms with van der Waals surface area (Å²) in [6.07, 6.45) is 6.56. The summed E-state index contributed by atoms with van der Waals surface area (Å²) in [6.45, 7) is 11.0. The van der Waals surface area contributed by atoms with E-state index in [1.807, 2.05) is 58.6 Å². The number of carbonyl (C=O) groups is 1. The summed E-state index contributed by atoms with van der Waals surface area (Å²) in [6, 6.07) is 10.5. The van der Waals surface area contributed by atoms with Gasteiger partial charge in [0.1, 0.15) is 12.4 Å². The predicted octanol–water partition coefficient (Wildman–Crippen LogP) is 4.88. The summed E-state index contributed by atoms with van der Waals surface area (Å²) in [5.74, 6) is 0.590. The fourth-order valence-electron chi connectivity index (χ4n) is 3.50. The highest BCUT2D eigenvalue weighted by molar-refractivity contribution is 6.76. The van der Waals surface area contributed by atoms with E-state index in [9.17, 15) is 4.79 Å². The molecule has 4 aromatic rings. The molecule has 3 heterocycles. The van der Waals surface area contributed by atoms with E-state index >= 15 is 0 Å². The van der Waals surface area contributed by atoms with Crippen LogP contribution in [0.15, 0.2) is 48.9 Å². The topological polar surface area (TPSA) is 85.5 Å². The summed E-state index contributed by atoms with van der Waals surface area (Å²) in [4.78, 5) is 21.6. The van der Waals surface area contributed by atoms with Crippen LogP contribution < -0.4 is 10.6 Å². The molecule has 0 fully saturated rings. The fourth-order valence-corrected chi connectivity index (χ4v) is 4.26. The van der Waals surface area contributed by atoms with Crippen molar-refractivity contribution >= 4 is 42.3 Å². The number of benzene rings is 1. The molecule has 9 heteroatoms. The van der Waals surface area contributed by atoms with Gasteiger partial charge in [-0.05, 0) is 42.8 Å². The number of ether oxygens (including phenoxy) is 1. The summed E-state index contributed by atoms with van der Waals surface area (Å²) in [5.41, 5.74) is 3.13. The molecule has 3 aromatic heterocycles. The maximum atomic E-state index is 12.2. The summed E-state index contributed by atoms with van der Waals surface area (Å²) < 4.78 is 9.90. The van der Waals surface area contributed by atoms with Crippen molar-refractivity contribution in [2.24, 2.45) is 0 Å². The highest BCUT2D eigenvalue weighted by Gasteiger charge is 2.15. The van der Waals surface area contributed by atoms with E-state index in [4.69, 9.17) is 9.72 Å². The van der Waals surface area contributed by atoms with E-state index in [0.29, 0.717) is 24.8 Å². The van der Waals surface area contributed by atoms with E-state index in [-0.39, 0.29) is 5.91 Å². The lowest BCUT2D eigenvalue weighted by molar-refractivity contribution is 0.0899. The van der Waals surface area contributed by atoms with Crippen LogP contribution in [0.1, 0.15) is 23.7 Å². The number of nitrogens with one attached hydrogen (secondary N) is 2. The Morgan fingerprint density at radius 1 is 1.09 bits per heavy atom. The molecule has 4 rings (SSSR count). The molecule has 0 aliphatic carbocycles. The maximum Gasteiger partial charge on any atom is 0.251 e. The van der Waals surface area contributed by atoms with Crippen LogP contribution in [-0.4, -0.2) is 46.1 Å². The van der Waals surface area contributed by atoms with Gasteiger partial charge in [0, 0.05) is 51.1 Å². The number of amides is 1. The first kappa shape index (κ1) is 23.0. The predicted molar refractivity (Wildman–Crippen MR) is 135 cm³/mol. The molecule has 0 aliphatic heterocycles. The Hall–Kier alpha value is -3.17. The largest absolute Gasteiger partial charge is 0.361 e. The van der Waals surface area contributed by atoms with Gasteiger partial charge in [-0.2, -0.15) is 4.98 Å². The van der Waals surface area contributed by atoms with Crippen molar-refractivity contribution in [3.63, 3.8) is 0 Å². The molecular formula is C24H32N6O2Si. The number of hydrogen-bond donors (Lipinski definition) is 2.